The summed E-state index contributed by atoms with van der Waals surface area (Å²) in [6, 6.07) is 8.13. The summed E-state index contributed by atoms with van der Waals surface area (Å²) in [5, 5.41) is 0. The van der Waals surface area contributed by atoms with Crippen LogP contribution < -0.4 is 0 Å². The van der Waals surface area contributed by atoms with Gasteiger partial charge in [-0.2, -0.15) is 0 Å². The summed E-state index contributed by atoms with van der Waals surface area (Å²) in [5.74, 6) is 1.53. The van der Waals surface area contributed by atoms with Crippen LogP contribution in [0.2, 0.25) is 0 Å². The lowest BCUT2D eigenvalue weighted by molar-refractivity contribution is -0.125. The Bertz CT molecular complexity index is 748. The van der Waals surface area contributed by atoms with Crippen LogP contribution in [0.25, 0.3) is 17.3 Å². The first-order chi connectivity index (χ1) is 12.5. The van der Waals surface area contributed by atoms with Crippen LogP contribution in [0, 0.1) is 17.3 Å². The van der Waals surface area contributed by atoms with Gasteiger partial charge in [-0.1, -0.05) is 64.0 Å². The monoisotopic (exact) mass is 350 g/mol. The number of imidazole rings is 1. The molecule has 3 nitrogen and oxygen atoms in total. The van der Waals surface area contributed by atoms with Crippen LogP contribution in [0.4, 0.5) is 0 Å². The standard InChI is InChI=1S/C23H30N2O/c1-4-23(13-17(2)9-10-18(3)14-23)22(26)12-11-19-7-5-6-8-20(19)21-15-24-16-25-21/h5-8,11-12,15-18H,4,9-10,13-14H2,1-3H3,(H,24,25)/b12-11+. The maximum absolute atomic E-state index is 13.3. The molecule has 1 aromatic carbocycles. The third kappa shape index (κ3) is 3.98. The molecule has 0 aliphatic heterocycles. The van der Waals surface area contributed by atoms with Crippen molar-refractivity contribution in [2.75, 3.05) is 0 Å². The Labute approximate surface area is 156 Å². The summed E-state index contributed by atoms with van der Waals surface area (Å²) < 4.78 is 0. The van der Waals surface area contributed by atoms with Crippen LogP contribution in [-0.4, -0.2) is 15.8 Å². The Balaban J connectivity index is 1.87. The van der Waals surface area contributed by atoms with Crippen molar-refractivity contribution < 1.29 is 4.79 Å². The minimum absolute atomic E-state index is 0.200. The van der Waals surface area contributed by atoms with Crippen molar-refractivity contribution in [1.82, 2.24) is 9.97 Å². The second-order valence-electron chi connectivity index (χ2n) is 8.08. The number of ketones is 1. The van der Waals surface area contributed by atoms with Gasteiger partial charge >= 0.3 is 0 Å². The molecule has 1 aromatic heterocycles. The van der Waals surface area contributed by atoms with Gasteiger partial charge in [0, 0.05) is 11.0 Å². The molecule has 0 radical (unpaired) electrons. The summed E-state index contributed by atoms with van der Waals surface area (Å²) in [6.07, 6.45) is 12.7. The first-order valence-corrected chi connectivity index (χ1v) is 9.84. The van der Waals surface area contributed by atoms with E-state index in [1.54, 1.807) is 6.33 Å². The first-order valence-electron chi connectivity index (χ1n) is 9.84. The molecule has 1 heterocycles. The summed E-state index contributed by atoms with van der Waals surface area (Å²) in [4.78, 5) is 20.5. The molecule has 3 rings (SSSR count). The minimum Gasteiger partial charge on any atom is -0.345 e. The Morgan fingerprint density at radius 1 is 1.23 bits per heavy atom. The fraction of sp³-hybridized carbons (Fsp3) is 0.478. The van der Waals surface area contributed by atoms with Crippen molar-refractivity contribution in [1.29, 1.82) is 0 Å². The highest BCUT2D eigenvalue weighted by Gasteiger charge is 2.39. The SMILES string of the molecule is CCC1(C(=O)/C=C/c2ccccc2-c2cnc[nH]2)CC(C)CCC(C)C1. The van der Waals surface area contributed by atoms with E-state index >= 15 is 0 Å². The van der Waals surface area contributed by atoms with Gasteiger partial charge in [-0.3, -0.25) is 4.79 Å². The molecular formula is C23H30N2O. The number of carbonyl (C=O) groups is 1. The Morgan fingerprint density at radius 2 is 1.92 bits per heavy atom. The molecule has 1 aliphatic carbocycles. The molecule has 138 valence electrons. The van der Waals surface area contributed by atoms with Crippen LogP contribution in [0.3, 0.4) is 0 Å². The zero-order chi connectivity index (χ0) is 18.6. The molecule has 0 spiro atoms. The van der Waals surface area contributed by atoms with Crippen molar-refractivity contribution in [3.63, 3.8) is 0 Å². The van der Waals surface area contributed by atoms with E-state index in [1.807, 2.05) is 30.5 Å². The first kappa shape index (κ1) is 18.6. The molecule has 26 heavy (non-hydrogen) atoms. The van der Waals surface area contributed by atoms with Gasteiger partial charge in [-0.25, -0.2) is 4.98 Å². The number of hydrogen-bond acceptors (Lipinski definition) is 2. The highest BCUT2D eigenvalue weighted by Crippen LogP contribution is 2.43. The average molecular weight is 351 g/mol. The summed E-state index contributed by atoms with van der Waals surface area (Å²) in [6.45, 7) is 6.77. The van der Waals surface area contributed by atoms with Gasteiger partial charge in [-0.15, -0.1) is 0 Å². The maximum Gasteiger partial charge on any atom is 0.161 e. The number of aromatic amines is 1. The molecule has 2 unspecified atom stereocenters. The van der Waals surface area contributed by atoms with Crippen LogP contribution >= 0.6 is 0 Å². The third-order valence-electron chi connectivity index (χ3n) is 5.99. The summed E-state index contributed by atoms with van der Waals surface area (Å²) in [5.41, 5.74) is 2.89. The molecule has 0 saturated heterocycles. The van der Waals surface area contributed by atoms with Crippen molar-refractivity contribution in [2.45, 2.75) is 52.9 Å². The second-order valence-corrected chi connectivity index (χ2v) is 8.08. The van der Waals surface area contributed by atoms with Gasteiger partial charge < -0.3 is 4.98 Å². The maximum atomic E-state index is 13.3. The second kappa shape index (κ2) is 8.03. The van der Waals surface area contributed by atoms with E-state index in [9.17, 15) is 4.79 Å². The lowest BCUT2D eigenvalue weighted by Crippen LogP contribution is -2.31. The summed E-state index contributed by atoms with van der Waals surface area (Å²) in [7, 11) is 0. The number of H-pyrrole nitrogens is 1. The van der Waals surface area contributed by atoms with Crippen LogP contribution in [0.15, 0.2) is 42.9 Å². The molecule has 1 aliphatic rings. The zero-order valence-electron chi connectivity index (χ0n) is 16.2. The number of aromatic nitrogens is 2. The normalized spacial score (nSPS) is 26.7. The predicted octanol–water partition coefficient (Wildman–Crippen LogP) is 5.90. The number of nitrogens with zero attached hydrogens (tertiary/aromatic N) is 1. The van der Waals surface area contributed by atoms with E-state index in [4.69, 9.17) is 0 Å². The smallest absolute Gasteiger partial charge is 0.161 e. The van der Waals surface area contributed by atoms with E-state index < -0.39 is 0 Å². The van der Waals surface area contributed by atoms with E-state index in [0.717, 1.165) is 36.1 Å². The molecule has 2 atom stereocenters. The van der Waals surface area contributed by atoms with Crippen molar-refractivity contribution in [3.8, 4) is 11.3 Å². The Morgan fingerprint density at radius 3 is 2.54 bits per heavy atom. The predicted molar refractivity (Wildman–Crippen MR) is 108 cm³/mol. The zero-order valence-corrected chi connectivity index (χ0v) is 16.2. The fourth-order valence-corrected chi connectivity index (χ4v) is 4.49. The number of benzene rings is 1. The molecule has 1 N–H and O–H groups in total. The number of nitrogens with one attached hydrogen (secondary N) is 1. The van der Waals surface area contributed by atoms with Crippen molar-refractivity contribution >= 4 is 11.9 Å². The largest absolute Gasteiger partial charge is 0.345 e. The average Bonchev–Trinajstić information content (AvgIpc) is 3.13. The number of hydrogen-bond donors (Lipinski definition) is 1. The van der Waals surface area contributed by atoms with Crippen LogP contribution in [0.1, 0.15) is 58.4 Å². The highest BCUT2D eigenvalue weighted by atomic mass is 16.1. The Kier molecular flexibility index (Phi) is 5.75. The highest BCUT2D eigenvalue weighted by molar-refractivity contribution is 5.98. The van der Waals surface area contributed by atoms with Gasteiger partial charge in [0.2, 0.25) is 0 Å². The molecule has 3 heteroatoms. The molecule has 2 aromatic rings. The summed E-state index contributed by atoms with van der Waals surface area (Å²) >= 11 is 0. The van der Waals surface area contributed by atoms with Gasteiger partial charge in [0.05, 0.1) is 18.2 Å². The van der Waals surface area contributed by atoms with E-state index in [-0.39, 0.29) is 5.41 Å². The van der Waals surface area contributed by atoms with E-state index in [0.29, 0.717) is 17.6 Å². The van der Waals surface area contributed by atoms with Crippen LogP contribution in [-0.2, 0) is 4.79 Å². The number of carbonyl (C=O) groups excluding carboxylic acids is 1. The van der Waals surface area contributed by atoms with Crippen LogP contribution in [0.5, 0.6) is 0 Å². The molecule has 1 fully saturated rings. The third-order valence-corrected chi connectivity index (χ3v) is 5.99. The fourth-order valence-electron chi connectivity index (χ4n) is 4.49. The topological polar surface area (TPSA) is 45.8 Å². The number of rotatable bonds is 5. The van der Waals surface area contributed by atoms with Gasteiger partial charge in [0.15, 0.2) is 5.78 Å². The van der Waals surface area contributed by atoms with E-state index in [2.05, 4.69) is 42.9 Å². The molecule has 0 amide bonds. The van der Waals surface area contributed by atoms with Gasteiger partial charge in [0.1, 0.15) is 0 Å². The number of allylic oxidation sites excluding steroid dienone is 1. The Hall–Kier alpha value is -2.16. The van der Waals surface area contributed by atoms with Crippen molar-refractivity contribution in [3.05, 3.63) is 48.4 Å². The van der Waals surface area contributed by atoms with Crippen molar-refractivity contribution in [2.24, 2.45) is 17.3 Å². The molecule has 0 bridgehead atoms. The van der Waals surface area contributed by atoms with Gasteiger partial charge in [0.25, 0.3) is 0 Å². The minimum atomic E-state index is -0.200. The van der Waals surface area contributed by atoms with Gasteiger partial charge in [-0.05, 0) is 42.7 Å². The molecule has 1 saturated carbocycles. The van der Waals surface area contributed by atoms with E-state index in [1.165, 1.54) is 12.8 Å². The lowest BCUT2D eigenvalue weighted by Gasteiger charge is -2.32. The lowest BCUT2D eigenvalue weighted by atomic mass is 9.70. The quantitative estimate of drug-likeness (QED) is 0.539. The molecular weight excluding hydrogens is 320 g/mol.